The predicted molar refractivity (Wildman–Crippen MR) is 264 cm³/mol. The highest BCUT2D eigenvalue weighted by Crippen LogP contribution is 2.21. The molecule has 0 fully saturated rings. The third kappa shape index (κ3) is 44.5. The summed E-state index contributed by atoms with van der Waals surface area (Å²) < 4.78 is 12.3. The van der Waals surface area contributed by atoms with Crippen molar-refractivity contribution in [2.75, 3.05) is 0 Å². The van der Waals surface area contributed by atoms with Crippen LogP contribution < -0.4 is 0 Å². The minimum absolute atomic E-state index is 0.0624. The average Bonchev–Trinajstić information content (AvgIpc) is 3.25. The van der Waals surface area contributed by atoms with Gasteiger partial charge in [-0.05, 0) is 77.0 Å². The molecule has 0 saturated heterocycles. The number of rotatable bonds is 49. The van der Waals surface area contributed by atoms with Crippen LogP contribution in [0.3, 0.4) is 0 Å². The quantitative estimate of drug-likeness (QED) is 0.0348. The number of carbonyl (C=O) groups is 2. The van der Waals surface area contributed by atoms with Crippen LogP contribution in [0.15, 0.2) is 24.3 Å². The molecule has 0 N–H and O–H groups in total. The first-order valence-electron chi connectivity index (χ1n) is 27.3. The Morgan fingerprint density at radius 2 is 0.667 bits per heavy atom. The van der Waals surface area contributed by atoms with E-state index in [-0.39, 0.29) is 18.0 Å². The lowest BCUT2D eigenvalue weighted by molar-refractivity contribution is -0.172. The largest absolute Gasteiger partial charge is 0.460 e. The molecule has 4 heteroatoms. The molecule has 2 unspecified atom stereocenters. The van der Waals surface area contributed by atoms with E-state index in [2.05, 4.69) is 52.0 Å². The molecule has 0 radical (unpaired) electrons. The Hall–Kier alpha value is -1.58. The zero-order chi connectivity index (χ0) is 43.7. The van der Waals surface area contributed by atoms with Gasteiger partial charge >= 0.3 is 11.9 Å². The van der Waals surface area contributed by atoms with Crippen LogP contribution >= 0.6 is 0 Å². The van der Waals surface area contributed by atoms with Crippen molar-refractivity contribution in [2.24, 2.45) is 0 Å². The molecule has 0 aromatic rings. The van der Waals surface area contributed by atoms with Crippen molar-refractivity contribution in [1.29, 1.82) is 0 Å². The molecule has 0 rings (SSSR count). The Bertz CT molecular complexity index is 924. The molecule has 0 saturated carbocycles. The van der Waals surface area contributed by atoms with Gasteiger partial charge in [-0.25, -0.2) is 4.79 Å². The lowest BCUT2D eigenvalue weighted by atomic mass is 10.0. The Labute approximate surface area is 376 Å². The summed E-state index contributed by atoms with van der Waals surface area (Å²) in [5.41, 5.74) is 0. The first-order chi connectivity index (χ1) is 29.6. The number of esters is 2. The average molecular weight is 843 g/mol. The van der Waals surface area contributed by atoms with E-state index >= 15 is 0 Å². The van der Waals surface area contributed by atoms with Gasteiger partial charge in [0, 0.05) is 6.42 Å². The molecule has 0 aliphatic heterocycles. The van der Waals surface area contributed by atoms with E-state index < -0.39 is 6.10 Å². The molecule has 0 aromatic heterocycles. The van der Waals surface area contributed by atoms with Gasteiger partial charge in [-0.3, -0.25) is 4.79 Å². The fourth-order valence-corrected chi connectivity index (χ4v) is 8.38. The van der Waals surface area contributed by atoms with Crippen LogP contribution in [0.25, 0.3) is 0 Å². The molecule has 0 spiro atoms. The topological polar surface area (TPSA) is 52.6 Å². The van der Waals surface area contributed by atoms with Gasteiger partial charge in [0.05, 0.1) is 0 Å². The summed E-state index contributed by atoms with van der Waals surface area (Å²) in [4.78, 5) is 26.9. The van der Waals surface area contributed by atoms with Crippen molar-refractivity contribution < 1.29 is 19.1 Å². The number of unbranched alkanes of at least 4 members (excludes halogenated alkanes) is 34. The number of hydrogen-bond acceptors (Lipinski definition) is 4. The first-order valence-corrected chi connectivity index (χ1v) is 27.3. The van der Waals surface area contributed by atoms with E-state index in [1.165, 1.54) is 199 Å². The van der Waals surface area contributed by atoms with Gasteiger partial charge in [-0.1, -0.05) is 251 Å². The monoisotopic (exact) mass is 843 g/mol. The second-order valence-corrected chi connectivity index (χ2v) is 18.6. The molecular weight excluding hydrogens is 737 g/mol. The summed E-state index contributed by atoms with van der Waals surface area (Å²) in [7, 11) is 0. The van der Waals surface area contributed by atoms with Crippen LogP contribution in [0.4, 0.5) is 0 Å². The molecule has 0 aliphatic carbocycles. The van der Waals surface area contributed by atoms with Gasteiger partial charge in [0.2, 0.25) is 0 Å². The lowest BCUT2D eigenvalue weighted by Gasteiger charge is -2.22. The van der Waals surface area contributed by atoms with E-state index in [9.17, 15) is 9.59 Å². The maximum absolute atomic E-state index is 13.8. The Morgan fingerprint density at radius 1 is 0.350 bits per heavy atom. The van der Waals surface area contributed by atoms with Crippen LogP contribution in [-0.2, 0) is 19.1 Å². The van der Waals surface area contributed by atoms with Gasteiger partial charge in [0.25, 0.3) is 0 Å². The molecular formula is C56H106O4. The number of allylic oxidation sites excluding steroid dienone is 4. The van der Waals surface area contributed by atoms with Crippen LogP contribution in [-0.4, -0.2) is 24.1 Å². The molecule has 60 heavy (non-hydrogen) atoms. The molecule has 0 aliphatic rings. The fraction of sp³-hybridized carbons (Fsp3) is 0.893. The lowest BCUT2D eigenvalue weighted by Crippen LogP contribution is -2.32. The summed E-state index contributed by atoms with van der Waals surface area (Å²) in [5, 5.41) is 0. The number of carbonyl (C=O) groups excluding carboxylic acids is 2. The number of hydrogen-bond donors (Lipinski definition) is 0. The summed E-state index contributed by atoms with van der Waals surface area (Å²) >= 11 is 0. The van der Waals surface area contributed by atoms with Gasteiger partial charge in [-0.15, -0.1) is 0 Å². The Kier molecular flexibility index (Phi) is 48.8. The number of ether oxygens (including phenoxy) is 2. The van der Waals surface area contributed by atoms with Crippen molar-refractivity contribution in [3.8, 4) is 0 Å². The zero-order valence-corrected chi connectivity index (χ0v) is 41.2. The van der Waals surface area contributed by atoms with Crippen molar-refractivity contribution in [2.45, 2.75) is 322 Å². The summed E-state index contributed by atoms with van der Waals surface area (Å²) in [6, 6.07) is 0. The van der Waals surface area contributed by atoms with Crippen molar-refractivity contribution in [1.82, 2.24) is 0 Å². The van der Waals surface area contributed by atoms with Crippen LogP contribution in [0.5, 0.6) is 0 Å². The highest BCUT2D eigenvalue weighted by molar-refractivity contribution is 5.79. The summed E-state index contributed by atoms with van der Waals surface area (Å²) in [6.07, 6.45) is 61.2. The molecule has 0 bridgehead atoms. The van der Waals surface area contributed by atoms with E-state index in [4.69, 9.17) is 9.47 Å². The SMILES string of the molecule is CCCCC/C=C\C/C=C\CCCCCCCC(=O)OC(CCCCCCCCCCCCCCCC)C(=O)OC(CCCCCCCC)CCCCCCCCCCC. The maximum Gasteiger partial charge on any atom is 0.347 e. The van der Waals surface area contributed by atoms with E-state index in [0.29, 0.717) is 12.8 Å². The minimum atomic E-state index is -0.761. The summed E-state index contributed by atoms with van der Waals surface area (Å²) in [6.45, 7) is 9.08. The predicted octanol–water partition coefficient (Wildman–Crippen LogP) is 19.2. The molecule has 354 valence electrons. The Morgan fingerprint density at radius 3 is 1.08 bits per heavy atom. The maximum atomic E-state index is 13.8. The second kappa shape index (κ2) is 50.1. The first kappa shape index (κ1) is 58.4. The van der Waals surface area contributed by atoms with Crippen molar-refractivity contribution in [3.05, 3.63) is 24.3 Å². The van der Waals surface area contributed by atoms with E-state index in [0.717, 1.165) is 70.6 Å². The van der Waals surface area contributed by atoms with Gasteiger partial charge in [-0.2, -0.15) is 0 Å². The molecule has 2 atom stereocenters. The molecule has 4 nitrogen and oxygen atoms in total. The van der Waals surface area contributed by atoms with Crippen LogP contribution in [0, 0.1) is 0 Å². The van der Waals surface area contributed by atoms with Gasteiger partial charge < -0.3 is 9.47 Å². The highest BCUT2D eigenvalue weighted by atomic mass is 16.6. The van der Waals surface area contributed by atoms with Gasteiger partial charge in [0.1, 0.15) is 6.10 Å². The third-order valence-electron chi connectivity index (χ3n) is 12.5. The van der Waals surface area contributed by atoms with Crippen LogP contribution in [0.1, 0.15) is 310 Å². The fourth-order valence-electron chi connectivity index (χ4n) is 8.38. The highest BCUT2D eigenvalue weighted by Gasteiger charge is 2.27. The third-order valence-corrected chi connectivity index (χ3v) is 12.5. The van der Waals surface area contributed by atoms with Gasteiger partial charge in [0.15, 0.2) is 6.10 Å². The van der Waals surface area contributed by atoms with Crippen molar-refractivity contribution in [3.63, 3.8) is 0 Å². The second-order valence-electron chi connectivity index (χ2n) is 18.6. The molecule has 0 amide bonds. The van der Waals surface area contributed by atoms with E-state index in [1.54, 1.807) is 0 Å². The standard InChI is InChI=1S/C56H106O4/c1-5-9-13-17-21-24-26-28-30-32-34-37-40-44-48-52-55(57)60-54(51-47-43-39-36-33-31-29-27-25-22-18-14-10-6-2)56(58)59-53(49-45-41-20-16-12-8-4)50-46-42-38-35-23-19-15-11-7-3/h21,24,28,30,53-54H,5-20,22-23,25-27,29,31-52H2,1-4H3/b24-21-,30-28-. The Balaban J connectivity index is 4.89. The normalized spacial score (nSPS) is 12.8. The zero-order valence-electron chi connectivity index (χ0n) is 41.2. The van der Waals surface area contributed by atoms with E-state index in [1.807, 2.05) is 0 Å². The smallest absolute Gasteiger partial charge is 0.347 e. The minimum Gasteiger partial charge on any atom is -0.460 e. The van der Waals surface area contributed by atoms with Crippen LogP contribution in [0.2, 0.25) is 0 Å². The summed E-state index contributed by atoms with van der Waals surface area (Å²) in [5.74, 6) is -0.510. The molecule has 0 heterocycles. The molecule has 0 aromatic carbocycles. The van der Waals surface area contributed by atoms with Crippen molar-refractivity contribution >= 4 is 11.9 Å².